The van der Waals surface area contributed by atoms with Crippen LogP contribution in [0.25, 0.3) is 11.0 Å². The molecule has 4 rings (SSSR count). The molecule has 8 nitrogen and oxygen atoms in total. The highest BCUT2D eigenvalue weighted by Crippen LogP contribution is 2.29. The van der Waals surface area contributed by atoms with E-state index >= 15 is 0 Å². The Labute approximate surface area is 180 Å². The van der Waals surface area contributed by atoms with E-state index in [1.54, 1.807) is 35.2 Å². The second-order valence-corrected chi connectivity index (χ2v) is 7.39. The predicted octanol–water partition coefficient (Wildman–Crippen LogP) is 2.87. The Hall–Kier alpha value is -3.39. The molecule has 2 heterocycles. The van der Waals surface area contributed by atoms with Crippen LogP contribution in [0.3, 0.4) is 0 Å². The second-order valence-electron chi connectivity index (χ2n) is 7.39. The quantitative estimate of drug-likeness (QED) is 0.683. The van der Waals surface area contributed by atoms with E-state index in [0.717, 1.165) is 17.8 Å². The molecule has 0 aliphatic carbocycles. The van der Waals surface area contributed by atoms with Crippen molar-refractivity contribution in [2.24, 2.45) is 7.05 Å². The molecule has 1 aliphatic heterocycles. The molecule has 2 amide bonds. The summed E-state index contributed by atoms with van der Waals surface area (Å²) >= 11 is 0. The molecular weight excluding hydrogens is 396 g/mol. The van der Waals surface area contributed by atoms with Gasteiger partial charge in [0.2, 0.25) is 0 Å². The molecule has 0 spiro atoms. The van der Waals surface area contributed by atoms with E-state index in [0.29, 0.717) is 54.4 Å². The molecule has 0 radical (unpaired) electrons. The van der Waals surface area contributed by atoms with Crippen LogP contribution in [0.5, 0.6) is 5.75 Å². The lowest BCUT2D eigenvalue weighted by Crippen LogP contribution is -2.40. The maximum atomic E-state index is 13.1. The summed E-state index contributed by atoms with van der Waals surface area (Å²) in [6, 6.07) is 10.6. The lowest BCUT2D eigenvalue weighted by atomic mass is 10.1. The van der Waals surface area contributed by atoms with Crippen LogP contribution in [0.2, 0.25) is 0 Å². The van der Waals surface area contributed by atoms with Gasteiger partial charge in [-0.3, -0.25) is 9.59 Å². The van der Waals surface area contributed by atoms with E-state index in [1.807, 2.05) is 24.6 Å². The van der Waals surface area contributed by atoms with E-state index in [1.165, 1.54) is 7.11 Å². The third-order valence-electron chi connectivity index (χ3n) is 5.52. The number of morpholine rings is 1. The fourth-order valence-electron chi connectivity index (χ4n) is 3.91. The summed E-state index contributed by atoms with van der Waals surface area (Å²) in [5, 5.41) is 2.98. The van der Waals surface area contributed by atoms with Crippen molar-refractivity contribution in [3.63, 3.8) is 0 Å². The lowest BCUT2D eigenvalue weighted by Gasteiger charge is -2.27. The van der Waals surface area contributed by atoms with Crippen LogP contribution in [0.15, 0.2) is 36.4 Å². The zero-order valence-electron chi connectivity index (χ0n) is 18.0. The van der Waals surface area contributed by atoms with Crippen molar-refractivity contribution >= 4 is 28.5 Å². The molecule has 3 aromatic rings. The van der Waals surface area contributed by atoms with Gasteiger partial charge >= 0.3 is 0 Å². The fourth-order valence-corrected chi connectivity index (χ4v) is 3.91. The minimum Gasteiger partial charge on any atom is -0.496 e. The maximum absolute atomic E-state index is 13.1. The first-order valence-corrected chi connectivity index (χ1v) is 10.3. The number of carbonyl (C=O) groups excluding carboxylic acids is 2. The van der Waals surface area contributed by atoms with E-state index < -0.39 is 0 Å². The van der Waals surface area contributed by atoms with Crippen molar-refractivity contribution in [3.8, 4) is 5.75 Å². The van der Waals surface area contributed by atoms with Crippen LogP contribution in [0, 0.1) is 0 Å². The number of ether oxygens (including phenoxy) is 2. The van der Waals surface area contributed by atoms with Crippen molar-refractivity contribution in [2.45, 2.75) is 13.3 Å². The van der Waals surface area contributed by atoms with Gasteiger partial charge in [-0.2, -0.15) is 0 Å². The molecule has 1 saturated heterocycles. The molecule has 8 heteroatoms. The summed E-state index contributed by atoms with van der Waals surface area (Å²) in [5.41, 5.74) is 2.90. The van der Waals surface area contributed by atoms with Gasteiger partial charge in [0.1, 0.15) is 11.6 Å². The van der Waals surface area contributed by atoms with Crippen molar-refractivity contribution in [1.29, 1.82) is 0 Å². The first-order chi connectivity index (χ1) is 15.0. The normalized spacial score (nSPS) is 14.0. The fraction of sp³-hybridized carbons (Fsp3) is 0.348. The van der Waals surface area contributed by atoms with Gasteiger partial charge in [0.25, 0.3) is 11.8 Å². The SMILES string of the molecule is CCc1nc2cc(C(=O)N3CCOCC3)cc(NC(=O)c3ccccc3OC)c2n1C. The van der Waals surface area contributed by atoms with Crippen LogP contribution < -0.4 is 10.1 Å². The summed E-state index contributed by atoms with van der Waals surface area (Å²) in [6.07, 6.45) is 0.734. The lowest BCUT2D eigenvalue weighted by molar-refractivity contribution is 0.0303. The number of methoxy groups -OCH3 is 1. The number of fused-ring (bicyclic) bond motifs is 1. The standard InChI is InChI=1S/C23H26N4O4/c1-4-20-24-17-13-15(23(29)27-9-11-31-12-10-27)14-18(21(17)26(20)2)25-22(28)16-7-5-6-8-19(16)30-3/h5-8,13-14H,4,9-12H2,1-3H3,(H,25,28). The molecule has 1 fully saturated rings. The van der Waals surface area contributed by atoms with Gasteiger partial charge in [0.05, 0.1) is 42.6 Å². The first-order valence-electron chi connectivity index (χ1n) is 10.3. The Morgan fingerprint density at radius 1 is 1.19 bits per heavy atom. The molecule has 0 saturated carbocycles. The van der Waals surface area contributed by atoms with E-state index in [9.17, 15) is 9.59 Å². The summed E-state index contributed by atoms with van der Waals surface area (Å²) in [4.78, 5) is 32.6. The highest BCUT2D eigenvalue weighted by Gasteiger charge is 2.23. The number of anilines is 1. The molecule has 0 bridgehead atoms. The first kappa shape index (κ1) is 20.9. The summed E-state index contributed by atoms with van der Waals surface area (Å²) in [7, 11) is 3.44. The number of hydrogen-bond donors (Lipinski definition) is 1. The van der Waals surface area contributed by atoms with Crippen LogP contribution in [-0.2, 0) is 18.2 Å². The van der Waals surface area contributed by atoms with Crippen LogP contribution >= 0.6 is 0 Å². The molecule has 0 atom stereocenters. The second kappa shape index (κ2) is 8.77. The van der Waals surface area contributed by atoms with Gasteiger partial charge in [0, 0.05) is 32.1 Å². The number of carbonyl (C=O) groups is 2. The number of para-hydroxylation sites is 1. The average Bonchev–Trinajstić information content (AvgIpc) is 3.14. The number of imidazole rings is 1. The number of nitrogens with one attached hydrogen (secondary N) is 1. The smallest absolute Gasteiger partial charge is 0.259 e. The molecule has 162 valence electrons. The zero-order valence-corrected chi connectivity index (χ0v) is 18.0. The van der Waals surface area contributed by atoms with Gasteiger partial charge < -0.3 is 24.3 Å². The summed E-state index contributed by atoms with van der Waals surface area (Å²) < 4.78 is 12.6. The van der Waals surface area contributed by atoms with Crippen molar-refractivity contribution in [3.05, 3.63) is 53.3 Å². The van der Waals surface area contributed by atoms with Crippen LogP contribution in [0.1, 0.15) is 33.5 Å². The number of nitrogens with zero attached hydrogens (tertiary/aromatic N) is 3. The van der Waals surface area contributed by atoms with Crippen molar-refractivity contribution < 1.29 is 19.1 Å². The Balaban J connectivity index is 1.77. The number of rotatable bonds is 5. The van der Waals surface area contributed by atoms with Gasteiger partial charge in [-0.15, -0.1) is 0 Å². The maximum Gasteiger partial charge on any atom is 0.259 e. The molecule has 1 aliphatic rings. The Bertz CT molecular complexity index is 1130. The Morgan fingerprint density at radius 2 is 1.94 bits per heavy atom. The van der Waals surface area contributed by atoms with E-state index in [-0.39, 0.29) is 11.8 Å². The molecule has 1 aromatic heterocycles. The Morgan fingerprint density at radius 3 is 2.65 bits per heavy atom. The third kappa shape index (κ3) is 3.98. The minimum absolute atomic E-state index is 0.0957. The molecule has 1 N–H and O–H groups in total. The van der Waals surface area contributed by atoms with E-state index in [2.05, 4.69) is 10.3 Å². The predicted molar refractivity (Wildman–Crippen MR) is 118 cm³/mol. The number of amides is 2. The number of aromatic nitrogens is 2. The van der Waals surface area contributed by atoms with Gasteiger partial charge in [-0.25, -0.2) is 4.98 Å². The Kier molecular flexibility index (Phi) is 5.90. The van der Waals surface area contributed by atoms with Crippen molar-refractivity contribution in [1.82, 2.24) is 14.5 Å². The van der Waals surface area contributed by atoms with Gasteiger partial charge in [-0.05, 0) is 24.3 Å². The minimum atomic E-state index is -0.311. The average molecular weight is 422 g/mol. The van der Waals surface area contributed by atoms with E-state index in [4.69, 9.17) is 9.47 Å². The zero-order chi connectivity index (χ0) is 22.0. The molecule has 2 aromatic carbocycles. The number of benzene rings is 2. The number of aryl methyl sites for hydroxylation is 2. The highest BCUT2D eigenvalue weighted by atomic mass is 16.5. The van der Waals surface area contributed by atoms with Crippen LogP contribution in [-0.4, -0.2) is 59.7 Å². The largest absolute Gasteiger partial charge is 0.496 e. The third-order valence-corrected chi connectivity index (χ3v) is 5.52. The molecular formula is C23H26N4O4. The topological polar surface area (TPSA) is 85.7 Å². The molecule has 31 heavy (non-hydrogen) atoms. The van der Waals surface area contributed by atoms with Gasteiger partial charge in [-0.1, -0.05) is 19.1 Å². The monoisotopic (exact) mass is 422 g/mol. The van der Waals surface area contributed by atoms with Crippen LogP contribution in [0.4, 0.5) is 5.69 Å². The van der Waals surface area contributed by atoms with Gasteiger partial charge in [0.15, 0.2) is 0 Å². The van der Waals surface area contributed by atoms with Crippen molar-refractivity contribution in [2.75, 3.05) is 38.7 Å². The number of hydrogen-bond acceptors (Lipinski definition) is 5. The highest BCUT2D eigenvalue weighted by molar-refractivity contribution is 6.11. The summed E-state index contributed by atoms with van der Waals surface area (Å²) in [5.74, 6) is 0.950. The molecule has 0 unspecified atom stereocenters. The summed E-state index contributed by atoms with van der Waals surface area (Å²) in [6.45, 7) is 4.16.